The van der Waals surface area contributed by atoms with Gasteiger partial charge < -0.3 is 4.90 Å². The number of aryl methyl sites for hydroxylation is 2. The maximum atomic E-state index is 14.6. The van der Waals surface area contributed by atoms with Crippen molar-refractivity contribution in [3.63, 3.8) is 0 Å². The van der Waals surface area contributed by atoms with Crippen molar-refractivity contribution in [1.82, 2.24) is 0 Å². The average molecular weight is 582 g/mol. The van der Waals surface area contributed by atoms with Crippen molar-refractivity contribution >= 4 is 23.2 Å². The van der Waals surface area contributed by atoms with Crippen molar-refractivity contribution in [3.8, 4) is 0 Å². The van der Waals surface area contributed by atoms with Crippen LogP contribution < -0.4 is 4.90 Å². The molecule has 0 heterocycles. The van der Waals surface area contributed by atoms with Gasteiger partial charge in [0.05, 0.1) is 0 Å². The fourth-order valence-corrected chi connectivity index (χ4v) is 4.42. The lowest BCUT2D eigenvalue weighted by molar-refractivity contribution is -0.348. The Labute approximate surface area is 231 Å². The van der Waals surface area contributed by atoms with Crippen molar-refractivity contribution in [2.75, 3.05) is 11.4 Å². The molecular weight excluding hydrogens is 555 g/mol. The molecule has 0 aliphatic rings. The first kappa shape index (κ1) is 31.5. The van der Waals surface area contributed by atoms with Crippen LogP contribution in [0.5, 0.6) is 0 Å². The Hall–Kier alpha value is -4.02. The monoisotopic (exact) mass is 581 g/mol. The third-order valence-corrected chi connectivity index (χ3v) is 6.65. The number of benzene rings is 3. The zero-order valence-corrected chi connectivity index (χ0v) is 22.3. The second-order valence-electron chi connectivity index (χ2n) is 9.67. The predicted molar refractivity (Wildman–Crippen MR) is 139 cm³/mol. The molecular formula is C30H26F7NO3. The minimum absolute atomic E-state index is 0.0315. The zero-order valence-electron chi connectivity index (χ0n) is 22.3. The molecule has 3 aromatic rings. The minimum Gasteiger partial charge on any atom is -0.308 e. The number of halogens is 7. The molecule has 3 aromatic carbocycles. The van der Waals surface area contributed by atoms with Crippen LogP contribution in [0.2, 0.25) is 0 Å². The van der Waals surface area contributed by atoms with E-state index >= 15 is 0 Å². The summed E-state index contributed by atoms with van der Waals surface area (Å²) >= 11 is 0. The molecule has 4 nitrogen and oxygen atoms in total. The van der Waals surface area contributed by atoms with E-state index in [4.69, 9.17) is 0 Å². The Morgan fingerprint density at radius 2 is 1.27 bits per heavy atom. The van der Waals surface area contributed by atoms with E-state index in [1.54, 1.807) is 36.4 Å². The van der Waals surface area contributed by atoms with Gasteiger partial charge in [-0.25, -0.2) is 4.39 Å². The van der Waals surface area contributed by atoms with Crippen molar-refractivity contribution in [2.45, 2.75) is 51.6 Å². The maximum Gasteiger partial charge on any atom is 0.435 e. The number of Topliss-reactive ketones (excluding diaryl/α,β-unsaturated/α-hetero) is 2. The van der Waals surface area contributed by atoms with Crippen molar-refractivity contribution in [1.29, 1.82) is 0 Å². The molecule has 0 unspecified atom stereocenters. The van der Waals surface area contributed by atoms with Crippen LogP contribution in [0.3, 0.4) is 0 Å². The average Bonchev–Trinajstić information content (AvgIpc) is 2.89. The molecule has 41 heavy (non-hydrogen) atoms. The second-order valence-corrected chi connectivity index (χ2v) is 9.67. The highest BCUT2D eigenvalue weighted by Gasteiger charge is 2.73. The first-order valence-electron chi connectivity index (χ1n) is 12.4. The number of anilines is 1. The summed E-state index contributed by atoms with van der Waals surface area (Å²) in [6, 6.07) is 15.1. The normalized spacial score (nSPS) is 12.2. The molecule has 0 aromatic heterocycles. The number of nitrogens with zero attached hydrogens (tertiary/aromatic N) is 1. The first-order chi connectivity index (χ1) is 19.0. The Bertz CT molecular complexity index is 1410. The third-order valence-electron chi connectivity index (χ3n) is 6.65. The van der Waals surface area contributed by atoms with Gasteiger partial charge in [-0.2, -0.15) is 26.3 Å². The Kier molecular flexibility index (Phi) is 9.10. The maximum absolute atomic E-state index is 14.6. The van der Waals surface area contributed by atoms with Gasteiger partial charge in [-0.15, -0.1) is 0 Å². The van der Waals surface area contributed by atoms with Crippen molar-refractivity contribution in [3.05, 3.63) is 100 Å². The largest absolute Gasteiger partial charge is 0.435 e. The smallest absolute Gasteiger partial charge is 0.308 e. The van der Waals surface area contributed by atoms with Gasteiger partial charge in [-0.1, -0.05) is 42.5 Å². The lowest BCUT2D eigenvalue weighted by atomic mass is 9.87. The van der Waals surface area contributed by atoms with Crippen LogP contribution in [-0.2, 0) is 16.9 Å². The van der Waals surface area contributed by atoms with Crippen molar-refractivity contribution < 1.29 is 45.1 Å². The number of rotatable bonds is 9. The molecule has 1 amide bonds. The van der Waals surface area contributed by atoms with Gasteiger partial charge in [0.2, 0.25) is 0 Å². The van der Waals surface area contributed by atoms with E-state index in [9.17, 15) is 45.1 Å². The summed E-state index contributed by atoms with van der Waals surface area (Å²) < 4.78 is 94.1. The van der Waals surface area contributed by atoms with E-state index in [-0.39, 0.29) is 41.0 Å². The molecule has 0 fully saturated rings. The van der Waals surface area contributed by atoms with Crippen LogP contribution in [0, 0.1) is 13.8 Å². The topological polar surface area (TPSA) is 54.5 Å². The van der Waals surface area contributed by atoms with Gasteiger partial charge in [0.1, 0.15) is 5.78 Å². The SMILES string of the molecule is CC(=O)CCN(C(=O)c1ccccc1)c1cccc(C(=O)Cc2c(C)cc(C(F)(C(F)(F)F)C(F)(F)F)cc2C)c1. The van der Waals surface area contributed by atoms with Gasteiger partial charge in [0, 0.05) is 41.8 Å². The Morgan fingerprint density at radius 1 is 0.732 bits per heavy atom. The molecule has 218 valence electrons. The molecule has 11 heteroatoms. The number of amides is 1. The van der Waals surface area contributed by atoms with Crippen LogP contribution in [-0.4, -0.2) is 36.4 Å². The summed E-state index contributed by atoms with van der Waals surface area (Å²) in [6.07, 6.45) is -12.9. The predicted octanol–water partition coefficient (Wildman–Crippen LogP) is 7.64. The quantitative estimate of drug-likeness (QED) is 0.193. The molecule has 0 bridgehead atoms. The van der Waals surface area contributed by atoms with Gasteiger partial charge in [-0.05, 0) is 61.7 Å². The molecule has 0 saturated heterocycles. The highest BCUT2D eigenvalue weighted by atomic mass is 19.4. The molecule has 0 aliphatic heterocycles. The van der Waals surface area contributed by atoms with Gasteiger partial charge in [-0.3, -0.25) is 14.4 Å². The number of ketones is 2. The lowest BCUT2D eigenvalue weighted by Crippen LogP contribution is -2.50. The van der Waals surface area contributed by atoms with Crippen LogP contribution in [0.4, 0.5) is 36.4 Å². The summed E-state index contributed by atoms with van der Waals surface area (Å²) in [7, 11) is 0. The highest BCUT2D eigenvalue weighted by Crippen LogP contribution is 2.53. The number of carbonyl (C=O) groups excluding carboxylic acids is 3. The number of hydrogen-bond acceptors (Lipinski definition) is 3. The molecule has 0 N–H and O–H groups in total. The van der Waals surface area contributed by atoms with E-state index < -0.39 is 41.7 Å². The van der Waals surface area contributed by atoms with Crippen molar-refractivity contribution in [2.24, 2.45) is 0 Å². The van der Waals surface area contributed by atoms with Crippen LogP contribution >= 0.6 is 0 Å². The minimum atomic E-state index is -6.26. The third kappa shape index (κ3) is 6.66. The summed E-state index contributed by atoms with van der Waals surface area (Å²) in [5, 5.41) is 0. The summed E-state index contributed by atoms with van der Waals surface area (Å²) in [4.78, 5) is 39.4. The Morgan fingerprint density at radius 3 is 1.78 bits per heavy atom. The molecule has 3 rings (SSSR count). The van der Waals surface area contributed by atoms with E-state index in [1.807, 2.05) is 0 Å². The molecule has 0 spiro atoms. The molecule has 0 saturated carbocycles. The summed E-state index contributed by atoms with van der Waals surface area (Å²) in [5.74, 6) is -1.11. The Balaban J connectivity index is 1.96. The second kappa shape index (κ2) is 11.8. The molecule has 0 aliphatic carbocycles. The first-order valence-corrected chi connectivity index (χ1v) is 12.4. The van der Waals surface area contributed by atoms with E-state index in [0.29, 0.717) is 23.4 Å². The fourth-order valence-electron chi connectivity index (χ4n) is 4.42. The summed E-state index contributed by atoms with van der Waals surface area (Å²) in [6.45, 7) is 3.80. The van der Waals surface area contributed by atoms with Crippen LogP contribution in [0.1, 0.15) is 56.3 Å². The van der Waals surface area contributed by atoms with Crippen LogP contribution in [0.15, 0.2) is 66.7 Å². The van der Waals surface area contributed by atoms with Gasteiger partial charge >= 0.3 is 18.0 Å². The van der Waals surface area contributed by atoms with E-state index in [2.05, 4.69) is 0 Å². The molecule has 0 atom stereocenters. The fraction of sp³-hybridized carbons (Fsp3) is 0.300. The van der Waals surface area contributed by atoms with Gasteiger partial charge in [0.15, 0.2) is 5.78 Å². The standard InChI is InChI=1S/C30H26F7NO3/c1-18-14-23(28(31,29(32,33)34)30(35,36)37)15-19(2)25(18)17-26(40)22-10-7-11-24(16-22)38(13-12-20(3)39)27(41)21-8-5-4-6-9-21/h4-11,14-16H,12-13,17H2,1-3H3. The summed E-state index contributed by atoms with van der Waals surface area (Å²) in [5.41, 5.74) is -6.53. The zero-order chi connectivity index (χ0) is 30.8. The van der Waals surface area contributed by atoms with Crippen LogP contribution in [0.25, 0.3) is 0 Å². The number of alkyl halides is 7. The van der Waals surface area contributed by atoms with E-state index in [0.717, 1.165) is 0 Å². The van der Waals surface area contributed by atoms with E-state index in [1.165, 1.54) is 43.9 Å². The lowest BCUT2D eigenvalue weighted by Gasteiger charge is -2.31. The molecule has 0 radical (unpaired) electrons. The number of hydrogen-bond donors (Lipinski definition) is 0. The number of carbonyl (C=O) groups is 3. The highest BCUT2D eigenvalue weighted by molar-refractivity contribution is 6.07. The van der Waals surface area contributed by atoms with Gasteiger partial charge in [0.25, 0.3) is 5.91 Å².